The molecule has 13 aromatic carbocycles. The van der Waals surface area contributed by atoms with Gasteiger partial charge >= 0.3 is 0 Å². The van der Waals surface area contributed by atoms with Crippen LogP contribution >= 0.6 is 0 Å². The summed E-state index contributed by atoms with van der Waals surface area (Å²) in [6.07, 6.45) is 0. The van der Waals surface area contributed by atoms with Crippen LogP contribution in [-0.2, 0) is 0 Å². The Morgan fingerprint density at radius 3 is 0.543 bits per heavy atom. The number of hydrogen-bond donors (Lipinski definition) is 0. The lowest BCUT2D eigenvalue weighted by molar-refractivity contribution is 1.79. The van der Waals surface area contributed by atoms with E-state index in [1.165, 1.54) is 118 Å². The van der Waals surface area contributed by atoms with Crippen LogP contribution in [-0.4, -0.2) is 0 Å². The third-order valence-corrected chi connectivity index (χ3v) is 11.0. The first kappa shape index (κ1) is 23.4. The maximum Gasteiger partial charge on any atom is -0.00139 e. The van der Waals surface area contributed by atoms with Crippen molar-refractivity contribution in [3.8, 4) is 0 Å². The molecule has 13 rings (SSSR count). The zero-order chi connectivity index (χ0) is 29.7. The zero-order valence-corrected chi connectivity index (χ0v) is 24.9. The van der Waals surface area contributed by atoms with E-state index in [4.69, 9.17) is 0 Å². The highest BCUT2D eigenvalue weighted by molar-refractivity contribution is 6.44. The van der Waals surface area contributed by atoms with Crippen LogP contribution in [0.4, 0.5) is 0 Å². The van der Waals surface area contributed by atoms with Crippen LogP contribution in [0, 0.1) is 0 Å². The largest absolute Gasteiger partial charge is 0.0610 e. The van der Waals surface area contributed by atoms with Crippen LogP contribution < -0.4 is 0 Å². The summed E-state index contributed by atoms with van der Waals surface area (Å²) in [5.74, 6) is 0. The van der Waals surface area contributed by atoms with Gasteiger partial charge in [0.25, 0.3) is 0 Å². The summed E-state index contributed by atoms with van der Waals surface area (Å²) >= 11 is 0. The Balaban J connectivity index is 0.000000109. The number of hydrogen-bond acceptors (Lipinski definition) is 0. The molecule has 0 N–H and O–H groups in total. The number of rotatable bonds is 0. The van der Waals surface area contributed by atoms with Gasteiger partial charge in [-0.25, -0.2) is 0 Å². The van der Waals surface area contributed by atoms with Gasteiger partial charge in [-0.2, -0.15) is 0 Å². The van der Waals surface area contributed by atoms with Gasteiger partial charge in [-0.3, -0.25) is 0 Å². The summed E-state index contributed by atoms with van der Waals surface area (Å²) in [6, 6.07) is 54.2. The van der Waals surface area contributed by atoms with E-state index in [0.29, 0.717) is 0 Å². The van der Waals surface area contributed by atoms with E-state index in [1.54, 1.807) is 0 Å². The third-order valence-electron chi connectivity index (χ3n) is 11.0. The molecule has 0 saturated heterocycles. The molecule has 0 aliphatic rings. The molecule has 0 spiro atoms. The van der Waals surface area contributed by atoms with Gasteiger partial charge < -0.3 is 0 Å². The maximum atomic E-state index is 2.27. The van der Waals surface area contributed by atoms with Crippen molar-refractivity contribution in [3.05, 3.63) is 146 Å². The van der Waals surface area contributed by atoms with Crippen LogP contribution in [0.3, 0.4) is 0 Å². The Morgan fingerprint density at radius 2 is 0.326 bits per heavy atom. The molecule has 13 aromatic rings. The second-order valence-electron chi connectivity index (χ2n) is 13.2. The topological polar surface area (TPSA) is 0 Å². The predicted octanol–water partition coefficient (Wildman–Crippen LogP) is 13.2. The molecular weight excluding hydrogens is 553 g/mol. The molecule has 0 radical (unpaired) electrons. The lowest BCUT2D eigenvalue weighted by Crippen LogP contribution is -1.91. The van der Waals surface area contributed by atoms with Crippen LogP contribution in [0.1, 0.15) is 0 Å². The molecule has 0 bridgehead atoms. The van der Waals surface area contributed by atoms with E-state index >= 15 is 0 Å². The summed E-state index contributed by atoms with van der Waals surface area (Å²) in [4.78, 5) is 0. The van der Waals surface area contributed by atoms with E-state index in [2.05, 4.69) is 146 Å². The van der Waals surface area contributed by atoms with E-state index < -0.39 is 0 Å². The fourth-order valence-electron chi connectivity index (χ4n) is 9.13. The highest BCUT2D eigenvalue weighted by Crippen LogP contribution is 2.48. The van der Waals surface area contributed by atoms with Crippen molar-refractivity contribution in [1.29, 1.82) is 0 Å². The first-order valence-electron chi connectivity index (χ1n) is 16.2. The quantitative estimate of drug-likeness (QED) is 0.124. The Labute approximate surface area is 263 Å². The van der Waals surface area contributed by atoms with Gasteiger partial charge in [0, 0.05) is 0 Å². The van der Waals surface area contributed by atoms with Crippen LogP contribution in [0.2, 0.25) is 0 Å². The van der Waals surface area contributed by atoms with E-state index in [1.807, 2.05) is 0 Å². The Morgan fingerprint density at radius 1 is 0.152 bits per heavy atom. The third kappa shape index (κ3) is 2.70. The summed E-state index contributed by atoms with van der Waals surface area (Å²) in [7, 11) is 0. The molecule has 0 saturated carbocycles. The average molecular weight is 577 g/mol. The Kier molecular flexibility index (Phi) is 4.07. The standard InChI is InChI=1S/C24H12.C22H12/c1-2-14-5-6-16-9-11-18-12-10-17-8-7-15-4-3-13(1)19-20(14)22(16)24(18)23(17)21(15)19;1-3-13-7-9-15-11-12-16-10-8-14-4-2-6-18-17(5-1)19(13)21(15)22(16)20(14)18/h1-12H;1-12H. The number of fused-ring (bicyclic) bond motifs is 1. The van der Waals surface area contributed by atoms with Crippen LogP contribution in [0.25, 0.3) is 118 Å². The first-order valence-corrected chi connectivity index (χ1v) is 16.2. The molecule has 0 heterocycles. The Bertz CT molecular complexity index is 2780. The lowest BCUT2D eigenvalue weighted by atomic mass is 9.83. The summed E-state index contributed by atoms with van der Waals surface area (Å²) in [5, 5.41) is 30.5. The fourth-order valence-corrected chi connectivity index (χ4v) is 9.13. The smallest absolute Gasteiger partial charge is 0.00139 e. The van der Waals surface area contributed by atoms with Crippen molar-refractivity contribution in [2.24, 2.45) is 0 Å². The van der Waals surface area contributed by atoms with Gasteiger partial charge in [0.2, 0.25) is 0 Å². The summed E-state index contributed by atoms with van der Waals surface area (Å²) in [6.45, 7) is 0. The monoisotopic (exact) mass is 576 g/mol. The van der Waals surface area contributed by atoms with Crippen molar-refractivity contribution in [1.82, 2.24) is 0 Å². The van der Waals surface area contributed by atoms with Gasteiger partial charge in [0.1, 0.15) is 0 Å². The minimum absolute atomic E-state index is 1.34. The fraction of sp³-hybridized carbons (Fsp3) is 0. The molecule has 0 nitrogen and oxygen atoms in total. The van der Waals surface area contributed by atoms with Gasteiger partial charge in [0.15, 0.2) is 0 Å². The molecule has 0 aromatic heterocycles. The summed E-state index contributed by atoms with van der Waals surface area (Å²) < 4.78 is 0. The molecule has 0 unspecified atom stereocenters. The zero-order valence-electron chi connectivity index (χ0n) is 24.9. The first-order chi connectivity index (χ1) is 22.8. The molecule has 46 heavy (non-hydrogen) atoms. The maximum absolute atomic E-state index is 2.27. The molecule has 0 amide bonds. The minimum atomic E-state index is 1.34. The highest BCUT2D eigenvalue weighted by Gasteiger charge is 2.20. The molecule has 0 fully saturated rings. The van der Waals surface area contributed by atoms with E-state index in [9.17, 15) is 0 Å². The van der Waals surface area contributed by atoms with Gasteiger partial charge in [-0.15, -0.1) is 0 Å². The van der Waals surface area contributed by atoms with Gasteiger partial charge in [0.05, 0.1) is 0 Å². The molecule has 0 atom stereocenters. The molecule has 0 aliphatic carbocycles. The van der Waals surface area contributed by atoms with Crippen molar-refractivity contribution in [2.75, 3.05) is 0 Å². The van der Waals surface area contributed by atoms with E-state index in [-0.39, 0.29) is 0 Å². The van der Waals surface area contributed by atoms with Crippen LogP contribution in [0.15, 0.2) is 146 Å². The molecule has 0 aliphatic heterocycles. The molecule has 0 heteroatoms. The van der Waals surface area contributed by atoms with Crippen molar-refractivity contribution in [3.63, 3.8) is 0 Å². The van der Waals surface area contributed by atoms with Gasteiger partial charge in [-0.1, -0.05) is 146 Å². The number of benzene rings is 13. The van der Waals surface area contributed by atoms with Crippen molar-refractivity contribution >= 4 is 118 Å². The predicted molar refractivity (Wildman–Crippen MR) is 201 cm³/mol. The van der Waals surface area contributed by atoms with E-state index in [0.717, 1.165) is 0 Å². The van der Waals surface area contributed by atoms with Crippen molar-refractivity contribution < 1.29 is 0 Å². The lowest BCUT2D eigenvalue weighted by Gasteiger charge is -2.20. The average Bonchev–Trinajstić information content (AvgIpc) is 3.12. The van der Waals surface area contributed by atoms with Gasteiger partial charge in [-0.05, 0) is 118 Å². The van der Waals surface area contributed by atoms with Crippen molar-refractivity contribution in [2.45, 2.75) is 0 Å². The normalized spacial score (nSPS) is 12.8. The minimum Gasteiger partial charge on any atom is -0.0610 e. The highest BCUT2D eigenvalue weighted by atomic mass is 14.2. The second-order valence-corrected chi connectivity index (χ2v) is 13.2. The molecule has 208 valence electrons. The Hall–Kier alpha value is -5.98. The summed E-state index contributed by atoms with van der Waals surface area (Å²) in [5.41, 5.74) is 0. The second kappa shape index (κ2) is 7.99. The van der Waals surface area contributed by atoms with Crippen LogP contribution in [0.5, 0.6) is 0 Å². The molecular formula is C46H24. The SMILES string of the molecule is c1cc2ccc3ccc4ccc5ccc6ccc1c1c2c3c4c5c61.c1cc2ccc3ccc4ccc5cccc6c(c1)c2c3c4c56.